The van der Waals surface area contributed by atoms with Crippen LogP contribution in [0.3, 0.4) is 0 Å². The van der Waals surface area contributed by atoms with Gasteiger partial charge in [-0.1, -0.05) is 301 Å². The fourth-order valence-electron chi connectivity index (χ4n) is 14.7. The molecule has 478 valence electrons. The lowest BCUT2D eigenvalue weighted by Gasteiger charge is -2.46. The van der Waals surface area contributed by atoms with Gasteiger partial charge in [0.05, 0.1) is 39.1 Å². The Labute approximate surface area is 590 Å². The first-order chi connectivity index (χ1) is 50.5. The number of benzene rings is 11. The molecule has 98 heavy (non-hydrogen) atoms. The molecule has 5 heterocycles. The lowest BCUT2D eigenvalue weighted by Crippen LogP contribution is -2.61. The fourth-order valence-corrected chi connectivity index (χ4v) is 14.7. The Balaban J connectivity index is 1.16. The zero-order chi connectivity index (χ0) is 74.5. The van der Waals surface area contributed by atoms with Gasteiger partial charge in [0, 0.05) is 80.6 Å². The first kappa shape index (κ1) is 53.3. The summed E-state index contributed by atoms with van der Waals surface area (Å²) in [5, 5.41) is -0.0357. The largest absolute Gasteiger partial charge is 0.310 e. The molecule has 0 spiro atoms. The number of hydrogen-bond donors (Lipinski definition) is 0. The molecule has 0 saturated heterocycles. The van der Waals surface area contributed by atoms with E-state index in [1.165, 1.54) is 22.3 Å². The van der Waals surface area contributed by atoms with Crippen molar-refractivity contribution in [1.82, 2.24) is 14.5 Å². The molecule has 11 aromatic carbocycles. The molecular formula is C92H82BN5. The van der Waals surface area contributed by atoms with Gasteiger partial charge < -0.3 is 14.4 Å². The molecule has 0 saturated carbocycles. The summed E-state index contributed by atoms with van der Waals surface area (Å²) in [7, 11) is 0. The molecule has 0 fully saturated rings. The van der Waals surface area contributed by atoms with Crippen molar-refractivity contribution in [2.45, 2.75) is 105 Å². The number of hydrogen-bond acceptors (Lipinski definition) is 4. The zero-order valence-electron chi connectivity index (χ0n) is 65.8. The molecule has 0 bridgehead atoms. The molecule has 0 unspecified atom stereocenters. The molecule has 2 aliphatic heterocycles. The Morgan fingerprint density at radius 3 is 0.949 bits per heavy atom. The molecule has 2 aliphatic rings. The Bertz CT molecular complexity index is 5400. The molecule has 5 nitrogen and oxygen atoms in total. The third kappa shape index (κ3) is 10.7. The normalized spacial score (nSPS) is 14.2. The van der Waals surface area contributed by atoms with Crippen LogP contribution in [-0.4, -0.2) is 21.2 Å². The van der Waals surface area contributed by atoms with Crippen LogP contribution < -0.4 is 26.2 Å². The smallest absolute Gasteiger partial charge is 0.252 e. The number of pyridine rings is 2. The summed E-state index contributed by atoms with van der Waals surface area (Å²) in [5.41, 5.74) is 23.5. The van der Waals surface area contributed by atoms with Crippen LogP contribution in [0.2, 0.25) is 0 Å². The van der Waals surface area contributed by atoms with Gasteiger partial charge >= 0.3 is 0 Å². The van der Waals surface area contributed by atoms with E-state index < -0.39 is 55.1 Å². The lowest BCUT2D eigenvalue weighted by molar-refractivity contribution is 0.568. The first-order valence-electron chi connectivity index (χ1n) is 38.1. The van der Waals surface area contributed by atoms with Crippen LogP contribution in [0.5, 0.6) is 0 Å². The molecule has 6 heteroatoms. The Morgan fingerprint density at radius 2 is 0.633 bits per heavy atom. The van der Waals surface area contributed by atoms with Crippen molar-refractivity contribution in [3.8, 4) is 72.4 Å². The maximum atomic E-state index is 10.1. The fraction of sp³-hybridized carbons (Fsp3) is 0.174. The monoisotopic (exact) mass is 1280 g/mol. The maximum absolute atomic E-state index is 10.1. The van der Waals surface area contributed by atoms with Crippen molar-refractivity contribution < 1.29 is 11.0 Å². The van der Waals surface area contributed by atoms with Gasteiger partial charge in [-0.2, -0.15) is 0 Å². The highest BCUT2D eigenvalue weighted by Gasteiger charge is 2.46. The number of anilines is 6. The van der Waals surface area contributed by atoms with Crippen LogP contribution >= 0.6 is 0 Å². The van der Waals surface area contributed by atoms with Gasteiger partial charge in [-0.05, 0) is 141 Å². The van der Waals surface area contributed by atoms with Crippen molar-refractivity contribution in [1.29, 1.82) is 0 Å². The molecule has 14 aromatic rings. The van der Waals surface area contributed by atoms with Crippen molar-refractivity contribution >= 4 is 79.0 Å². The molecule has 3 aromatic heterocycles. The third-order valence-corrected chi connectivity index (χ3v) is 20.0. The number of para-hydroxylation sites is 2. The number of aromatic nitrogens is 3. The summed E-state index contributed by atoms with van der Waals surface area (Å²) in [4.78, 5) is 15.0. The van der Waals surface area contributed by atoms with Gasteiger partial charge in [0.25, 0.3) is 6.71 Å². The van der Waals surface area contributed by atoms with Gasteiger partial charge in [-0.25, -0.2) is 0 Å². The first-order valence-corrected chi connectivity index (χ1v) is 34.1. The van der Waals surface area contributed by atoms with E-state index >= 15 is 0 Å². The second-order valence-corrected chi connectivity index (χ2v) is 30.6. The van der Waals surface area contributed by atoms with Gasteiger partial charge in [-0.15, -0.1) is 0 Å². The van der Waals surface area contributed by atoms with Gasteiger partial charge in [0.1, 0.15) is 0 Å². The second-order valence-electron chi connectivity index (χ2n) is 30.6. The SMILES string of the molecule is [2H]c1c([2H])c([2H])c2c(c1[2H])c1c([2H])c([2H])c([2H])c([2H])c1n2-c1cc2c3c(c1)N(c1c(-c4ccccc4)cncc1-c1ccccc1)c1ccc(-c4cc(C(C)(C)C)cc(C(C)(C)C)c4)cc1B3c1cc(-c3cc(C(C)(C)C)cc(C(C)(C)C)c3)ccc1N2c1c(-c2ccccc2)cncc1-c1ccccc1. The molecule has 16 rings (SSSR count). The molecule has 0 radical (unpaired) electrons. The summed E-state index contributed by atoms with van der Waals surface area (Å²) >= 11 is 0. The van der Waals surface area contributed by atoms with Crippen LogP contribution in [-0.2, 0) is 21.7 Å². The second kappa shape index (κ2) is 23.5. The highest BCUT2D eigenvalue weighted by molar-refractivity contribution is 7.00. The number of nitrogens with zero attached hydrogens (tertiary/aromatic N) is 5. The van der Waals surface area contributed by atoms with Gasteiger partial charge in [0.2, 0.25) is 0 Å². The Kier molecular flexibility index (Phi) is 12.8. The molecule has 0 aliphatic carbocycles. The van der Waals surface area contributed by atoms with E-state index in [1.54, 1.807) is 4.57 Å². The average Bonchev–Trinajstić information content (AvgIpc) is 0.983. The zero-order valence-corrected chi connectivity index (χ0v) is 57.8. The summed E-state index contributed by atoms with van der Waals surface area (Å²) in [6.45, 7) is 26.8. The van der Waals surface area contributed by atoms with Crippen molar-refractivity contribution in [2.75, 3.05) is 9.80 Å². The summed E-state index contributed by atoms with van der Waals surface area (Å²) in [5.74, 6) is 0. The third-order valence-electron chi connectivity index (χ3n) is 20.0. The number of rotatable bonds is 9. The van der Waals surface area contributed by atoms with E-state index in [0.29, 0.717) is 17.1 Å². The van der Waals surface area contributed by atoms with Crippen LogP contribution in [0, 0.1) is 0 Å². The Hall–Kier alpha value is -10.8. The van der Waals surface area contributed by atoms with E-state index in [1.807, 2.05) is 97.6 Å². The minimum atomic E-state index is -0.561. The standard InChI is InChI=1S/C92H82BN5/c1-89(2,3)67-45-65(46-68(51-67)90(4,5)6)63-41-43-82-78(49-63)93-79-50-64(66-47-69(91(7,8)9)52-70(48-66)92(10,11)12)42-44-83(79)98(88-76(61-33-21-15-22-34-61)57-95-58-77(88)62-35-23-16-24-36-62)85-54-71(96-80-39-27-25-37-72(80)73-38-26-28-40-81(73)96)53-84(86(85)93)97(82)87-74(59-29-17-13-18-30-59)55-94-56-75(87)60-31-19-14-20-32-60/h13-58H,1-12H3/i25D,26D,27D,28D,37D,38D,39D,40D. The minimum absolute atomic E-state index is 0.00782. The predicted octanol–water partition coefficient (Wildman–Crippen LogP) is 22.8. The van der Waals surface area contributed by atoms with Crippen LogP contribution in [0.1, 0.15) is 116 Å². The highest BCUT2D eigenvalue weighted by atomic mass is 15.2. The van der Waals surface area contributed by atoms with E-state index in [0.717, 1.165) is 106 Å². The summed E-state index contributed by atoms with van der Waals surface area (Å²) in [6, 6.07) is 70.0. The van der Waals surface area contributed by atoms with Crippen LogP contribution in [0.25, 0.3) is 94.3 Å². The van der Waals surface area contributed by atoms with Crippen molar-refractivity contribution in [3.63, 3.8) is 0 Å². The minimum Gasteiger partial charge on any atom is -0.310 e. The highest BCUT2D eigenvalue weighted by Crippen LogP contribution is 2.54. The van der Waals surface area contributed by atoms with Crippen molar-refractivity contribution in [2.24, 2.45) is 0 Å². The van der Waals surface area contributed by atoms with E-state index in [2.05, 4.69) is 226 Å². The van der Waals surface area contributed by atoms with Crippen LogP contribution in [0.4, 0.5) is 34.1 Å². The Morgan fingerprint density at radius 1 is 0.316 bits per heavy atom. The molecular weight excluding hydrogens is 1190 g/mol. The maximum Gasteiger partial charge on any atom is 0.252 e. The van der Waals surface area contributed by atoms with E-state index in [4.69, 9.17) is 9.97 Å². The average molecular weight is 1280 g/mol. The van der Waals surface area contributed by atoms with E-state index in [9.17, 15) is 11.0 Å². The van der Waals surface area contributed by atoms with Gasteiger partial charge in [-0.3, -0.25) is 9.97 Å². The number of fused-ring (bicyclic) bond motifs is 7. The van der Waals surface area contributed by atoms with Crippen LogP contribution in [0.15, 0.2) is 279 Å². The lowest BCUT2D eigenvalue weighted by atomic mass is 9.33. The quantitative estimate of drug-likeness (QED) is 0.135. The molecule has 0 atom stereocenters. The van der Waals surface area contributed by atoms with Crippen molar-refractivity contribution in [3.05, 3.63) is 302 Å². The topological polar surface area (TPSA) is 37.2 Å². The summed E-state index contributed by atoms with van der Waals surface area (Å²) < 4.78 is 78.7. The predicted molar refractivity (Wildman–Crippen MR) is 418 cm³/mol. The molecule has 0 amide bonds. The molecule has 0 N–H and O–H groups in total. The summed E-state index contributed by atoms with van der Waals surface area (Å²) in [6.07, 6.45) is 7.78. The van der Waals surface area contributed by atoms with E-state index in [-0.39, 0.29) is 43.5 Å². The van der Waals surface area contributed by atoms with Gasteiger partial charge in [0.15, 0.2) is 0 Å².